The Morgan fingerprint density at radius 3 is 2.46 bits per heavy atom. The van der Waals surface area contributed by atoms with Gasteiger partial charge >= 0.3 is 5.97 Å². The van der Waals surface area contributed by atoms with Crippen LogP contribution in [-0.4, -0.2) is 26.1 Å². The van der Waals surface area contributed by atoms with E-state index in [-0.39, 0.29) is 12.3 Å². The van der Waals surface area contributed by atoms with E-state index in [1.54, 1.807) is 43.5 Å². The summed E-state index contributed by atoms with van der Waals surface area (Å²) in [6.45, 7) is 0. The molecule has 6 heteroatoms. The van der Waals surface area contributed by atoms with Crippen molar-refractivity contribution in [3.05, 3.63) is 64.1 Å². The van der Waals surface area contributed by atoms with Crippen molar-refractivity contribution in [2.24, 2.45) is 0 Å². The Morgan fingerprint density at radius 2 is 1.83 bits per heavy atom. The second-order valence-corrected chi connectivity index (χ2v) is 6.02. The van der Waals surface area contributed by atoms with Gasteiger partial charge in [0.2, 0.25) is 5.91 Å². The largest absolute Gasteiger partial charge is 0.497 e. The molecule has 1 amide bonds. The van der Waals surface area contributed by atoms with Crippen LogP contribution in [-0.2, 0) is 20.7 Å². The number of nitrogens with one attached hydrogen (secondary N) is 1. The first-order chi connectivity index (χ1) is 11.5. The number of carbonyl (C=O) groups is 2. The van der Waals surface area contributed by atoms with E-state index in [4.69, 9.17) is 9.47 Å². The molecule has 2 aromatic carbocycles. The van der Waals surface area contributed by atoms with E-state index in [0.717, 1.165) is 10.0 Å². The zero-order valence-corrected chi connectivity index (χ0v) is 15.0. The molecule has 0 aliphatic rings. The molecule has 1 atom stereocenters. The van der Waals surface area contributed by atoms with Gasteiger partial charge in [0.15, 0.2) is 6.04 Å². The lowest BCUT2D eigenvalue weighted by molar-refractivity contribution is -0.145. The maximum atomic E-state index is 12.3. The molecule has 0 fully saturated rings. The van der Waals surface area contributed by atoms with Crippen molar-refractivity contribution in [3.8, 4) is 5.75 Å². The highest BCUT2D eigenvalue weighted by Crippen LogP contribution is 2.19. The van der Waals surface area contributed by atoms with Gasteiger partial charge in [-0.3, -0.25) is 4.79 Å². The van der Waals surface area contributed by atoms with Crippen LogP contribution in [0.15, 0.2) is 53.0 Å². The Balaban J connectivity index is 2.12. The van der Waals surface area contributed by atoms with E-state index >= 15 is 0 Å². The second kappa shape index (κ2) is 8.49. The van der Waals surface area contributed by atoms with Crippen molar-refractivity contribution in [2.75, 3.05) is 14.2 Å². The smallest absolute Gasteiger partial charge is 0.333 e. The number of carbonyl (C=O) groups excluding carboxylic acids is 2. The third kappa shape index (κ3) is 4.83. The lowest BCUT2D eigenvalue weighted by Gasteiger charge is -2.17. The average molecular weight is 392 g/mol. The number of halogens is 1. The van der Waals surface area contributed by atoms with Gasteiger partial charge in [-0.2, -0.15) is 0 Å². The lowest BCUT2D eigenvalue weighted by atomic mass is 10.1. The number of hydrogen-bond acceptors (Lipinski definition) is 4. The van der Waals surface area contributed by atoms with Crippen LogP contribution in [0.3, 0.4) is 0 Å². The third-order valence-corrected chi connectivity index (χ3v) is 3.97. The maximum absolute atomic E-state index is 12.3. The van der Waals surface area contributed by atoms with Gasteiger partial charge in [0.1, 0.15) is 5.75 Å². The van der Waals surface area contributed by atoms with Crippen molar-refractivity contribution in [1.29, 1.82) is 0 Å². The SMILES string of the molecule is COC(=O)C(NC(=O)Cc1cccc(OC)c1)c1ccc(Br)cc1. The zero-order valence-electron chi connectivity index (χ0n) is 13.4. The first kappa shape index (κ1) is 18.0. The minimum absolute atomic E-state index is 0.140. The van der Waals surface area contributed by atoms with Gasteiger partial charge in [-0.25, -0.2) is 4.79 Å². The molecule has 0 spiro atoms. The highest BCUT2D eigenvalue weighted by atomic mass is 79.9. The van der Waals surface area contributed by atoms with E-state index in [2.05, 4.69) is 21.2 Å². The molecule has 0 saturated carbocycles. The maximum Gasteiger partial charge on any atom is 0.333 e. The highest BCUT2D eigenvalue weighted by molar-refractivity contribution is 9.10. The van der Waals surface area contributed by atoms with Crippen molar-refractivity contribution in [1.82, 2.24) is 5.32 Å². The summed E-state index contributed by atoms with van der Waals surface area (Å²) in [6, 6.07) is 13.5. The van der Waals surface area contributed by atoms with Crippen molar-refractivity contribution >= 4 is 27.8 Å². The molecule has 1 unspecified atom stereocenters. The first-order valence-electron chi connectivity index (χ1n) is 7.29. The summed E-state index contributed by atoms with van der Waals surface area (Å²) >= 11 is 3.34. The number of ether oxygens (including phenoxy) is 2. The molecule has 2 aromatic rings. The van der Waals surface area contributed by atoms with Crippen LogP contribution >= 0.6 is 15.9 Å². The van der Waals surface area contributed by atoms with E-state index in [1.165, 1.54) is 7.11 Å². The van der Waals surface area contributed by atoms with Crippen LogP contribution in [0.4, 0.5) is 0 Å². The predicted octanol–water partition coefficient (Wildman–Crippen LogP) is 3.03. The number of methoxy groups -OCH3 is 2. The molecule has 1 N–H and O–H groups in total. The quantitative estimate of drug-likeness (QED) is 0.768. The summed E-state index contributed by atoms with van der Waals surface area (Å²) in [7, 11) is 2.86. The molecule has 0 bridgehead atoms. The number of benzene rings is 2. The Kier molecular flexibility index (Phi) is 6.37. The third-order valence-electron chi connectivity index (χ3n) is 3.44. The summed E-state index contributed by atoms with van der Waals surface area (Å²) in [4.78, 5) is 24.3. The normalized spacial score (nSPS) is 11.5. The predicted molar refractivity (Wildman–Crippen MR) is 93.7 cm³/mol. The van der Waals surface area contributed by atoms with Crippen LogP contribution in [0.5, 0.6) is 5.75 Å². The topological polar surface area (TPSA) is 64.6 Å². The summed E-state index contributed by atoms with van der Waals surface area (Å²) in [5.41, 5.74) is 1.45. The molecule has 0 aliphatic heterocycles. The lowest BCUT2D eigenvalue weighted by Crippen LogP contribution is -2.35. The Morgan fingerprint density at radius 1 is 1.12 bits per heavy atom. The van der Waals surface area contributed by atoms with Crippen molar-refractivity contribution in [3.63, 3.8) is 0 Å². The molecule has 5 nitrogen and oxygen atoms in total. The summed E-state index contributed by atoms with van der Waals surface area (Å²) < 4.78 is 10.8. The van der Waals surface area contributed by atoms with Crippen molar-refractivity contribution < 1.29 is 19.1 Å². The number of rotatable bonds is 6. The van der Waals surface area contributed by atoms with Crippen LogP contribution in [0.2, 0.25) is 0 Å². The fraction of sp³-hybridized carbons (Fsp3) is 0.222. The van der Waals surface area contributed by atoms with E-state index in [0.29, 0.717) is 11.3 Å². The van der Waals surface area contributed by atoms with Gasteiger partial charge in [-0.05, 0) is 35.4 Å². The zero-order chi connectivity index (χ0) is 17.5. The first-order valence-corrected chi connectivity index (χ1v) is 8.08. The number of amides is 1. The summed E-state index contributed by atoms with van der Waals surface area (Å²) in [5.74, 6) is -0.115. The monoisotopic (exact) mass is 391 g/mol. The molecular weight excluding hydrogens is 374 g/mol. The fourth-order valence-corrected chi connectivity index (χ4v) is 2.50. The highest BCUT2D eigenvalue weighted by Gasteiger charge is 2.23. The second-order valence-electron chi connectivity index (χ2n) is 5.10. The van der Waals surface area contributed by atoms with E-state index in [1.807, 2.05) is 12.1 Å². The van der Waals surface area contributed by atoms with Gasteiger partial charge in [0, 0.05) is 4.47 Å². The molecule has 126 valence electrons. The molecule has 24 heavy (non-hydrogen) atoms. The van der Waals surface area contributed by atoms with Gasteiger partial charge in [-0.1, -0.05) is 40.2 Å². The summed E-state index contributed by atoms with van der Waals surface area (Å²) in [5, 5.41) is 2.72. The Bertz CT molecular complexity index is 715. The summed E-state index contributed by atoms with van der Waals surface area (Å²) in [6.07, 6.45) is 0.140. The molecular formula is C18H18BrNO4. The fourth-order valence-electron chi connectivity index (χ4n) is 2.23. The van der Waals surface area contributed by atoms with Crippen LogP contribution in [0, 0.1) is 0 Å². The number of hydrogen-bond donors (Lipinski definition) is 1. The Hall–Kier alpha value is -2.34. The average Bonchev–Trinajstić information content (AvgIpc) is 2.60. The molecule has 0 saturated heterocycles. The molecule has 0 radical (unpaired) electrons. The van der Waals surface area contributed by atoms with Crippen LogP contribution < -0.4 is 10.1 Å². The van der Waals surface area contributed by atoms with Crippen molar-refractivity contribution in [2.45, 2.75) is 12.5 Å². The van der Waals surface area contributed by atoms with Crippen LogP contribution in [0.25, 0.3) is 0 Å². The molecule has 0 heterocycles. The van der Waals surface area contributed by atoms with E-state index < -0.39 is 12.0 Å². The van der Waals surface area contributed by atoms with Gasteiger partial charge in [0.25, 0.3) is 0 Å². The van der Waals surface area contributed by atoms with Crippen LogP contribution in [0.1, 0.15) is 17.2 Å². The minimum atomic E-state index is -0.846. The minimum Gasteiger partial charge on any atom is -0.497 e. The molecule has 2 rings (SSSR count). The van der Waals surface area contributed by atoms with E-state index in [9.17, 15) is 9.59 Å². The standard InChI is InChI=1S/C18H18BrNO4/c1-23-15-5-3-4-12(10-15)11-16(21)20-17(18(22)24-2)13-6-8-14(19)9-7-13/h3-10,17H,11H2,1-2H3,(H,20,21). The van der Waals surface area contributed by atoms with Gasteiger partial charge in [-0.15, -0.1) is 0 Å². The van der Waals surface area contributed by atoms with Gasteiger partial charge in [0.05, 0.1) is 20.6 Å². The van der Waals surface area contributed by atoms with Gasteiger partial charge < -0.3 is 14.8 Å². The molecule has 0 aromatic heterocycles. The number of esters is 1. The molecule has 0 aliphatic carbocycles. The Labute approximate surface area is 149 Å².